The normalized spacial score (nSPS) is 11.8. The molecule has 0 aromatic heterocycles. The zero-order valence-corrected chi connectivity index (χ0v) is 10.2. The molecule has 0 aliphatic carbocycles. The van der Waals surface area contributed by atoms with Crippen LogP contribution in [-0.2, 0) is 6.42 Å². The van der Waals surface area contributed by atoms with E-state index >= 15 is 0 Å². The van der Waals surface area contributed by atoms with Gasteiger partial charge in [-0.3, -0.25) is 0 Å². The Morgan fingerprint density at radius 1 is 1.33 bits per heavy atom. The quantitative estimate of drug-likeness (QED) is 0.575. The van der Waals surface area contributed by atoms with Crippen LogP contribution in [0.3, 0.4) is 0 Å². The van der Waals surface area contributed by atoms with Gasteiger partial charge in [0.2, 0.25) is 0 Å². The van der Waals surface area contributed by atoms with Crippen LogP contribution in [-0.4, -0.2) is 13.1 Å². The van der Waals surface area contributed by atoms with Crippen LogP contribution in [0.2, 0.25) is 0 Å². The number of hydrogen-bond acceptors (Lipinski definition) is 1. The molecule has 0 aliphatic rings. The van der Waals surface area contributed by atoms with Crippen LogP contribution in [0, 0.1) is 0 Å². The van der Waals surface area contributed by atoms with Crippen LogP contribution in [0.5, 0.6) is 0 Å². The number of benzene rings is 1. The van der Waals surface area contributed by atoms with Gasteiger partial charge in [-0.2, -0.15) is 0 Å². The van der Waals surface area contributed by atoms with E-state index in [9.17, 15) is 0 Å². The fourth-order valence-corrected chi connectivity index (χ4v) is 1.07. The van der Waals surface area contributed by atoms with Crippen molar-refractivity contribution in [1.82, 2.24) is 5.32 Å². The molecule has 1 nitrogen and oxygen atoms in total. The molecule has 1 rings (SSSR count). The Kier molecular flexibility index (Phi) is 6.77. The maximum atomic E-state index is 3.21. The predicted octanol–water partition coefficient (Wildman–Crippen LogP) is -1.05. The second-order valence-electron chi connectivity index (χ2n) is 2.88. The number of likely N-dealkylation sites (N-methyl/N-ethyl adjacent to an activating group) is 1. The van der Waals surface area contributed by atoms with Gasteiger partial charge in [-0.25, -0.2) is 0 Å². The maximum Gasteiger partial charge on any atom is 1.00 e. The third-order valence-electron chi connectivity index (χ3n) is 1.88. The molecule has 2 heteroatoms. The monoisotopic (exact) mass is 173 g/mol. The molecule has 1 aromatic carbocycles. The summed E-state index contributed by atoms with van der Waals surface area (Å²) < 4.78 is 0. The van der Waals surface area contributed by atoms with E-state index in [4.69, 9.17) is 0 Å². The third-order valence-corrected chi connectivity index (χ3v) is 1.88. The van der Waals surface area contributed by atoms with Crippen molar-refractivity contribution in [2.75, 3.05) is 7.05 Å². The topological polar surface area (TPSA) is 12.0 Å². The van der Waals surface area contributed by atoms with Crippen molar-refractivity contribution in [1.29, 1.82) is 0 Å². The molecule has 1 unspecified atom stereocenters. The zero-order chi connectivity index (χ0) is 8.10. The molecule has 0 heterocycles. The molecule has 0 spiro atoms. The third kappa shape index (κ3) is 4.27. The fraction of sp³-hybridized carbons (Fsp3) is 0.400. The Bertz CT molecular complexity index is 203. The summed E-state index contributed by atoms with van der Waals surface area (Å²) in [4.78, 5) is 0. The summed E-state index contributed by atoms with van der Waals surface area (Å²) in [5, 5.41) is 3.21. The van der Waals surface area contributed by atoms with Crippen LogP contribution in [0.25, 0.3) is 0 Å². The minimum Gasteiger partial charge on any atom is -1.00 e. The van der Waals surface area contributed by atoms with Gasteiger partial charge in [-0.05, 0) is 26.0 Å². The van der Waals surface area contributed by atoms with E-state index in [0.29, 0.717) is 6.04 Å². The number of rotatable bonds is 3. The summed E-state index contributed by atoms with van der Waals surface area (Å²) in [6, 6.07) is 11.1. The first-order valence-electron chi connectivity index (χ1n) is 4.04. The van der Waals surface area contributed by atoms with Crippen LogP contribution >= 0.6 is 0 Å². The van der Waals surface area contributed by atoms with Gasteiger partial charge in [-0.1, -0.05) is 30.3 Å². The molecule has 0 saturated heterocycles. The molecule has 62 valence electrons. The van der Waals surface area contributed by atoms with Gasteiger partial charge in [0, 0.05) is 6.04 Å². The van der Waals surface area contributed by atoms with E-state index in [1.165, 1.54) is 5.56 Å². The molecule has 0 radical (unpaired) electrons. The van der Waals surface area contributed by atoms with Crippen LogP contribution in [0.1, 0.15) is 13.9 Å². The molecule has 0 bridgehead atoms. The van der Waals surface area contributed by atoms with Gasteiger partial charge in [0.15, 0.2) is 0 Å². The minimum atomic E-state index is 0. The van der Waals surface area contributed by atoms with Gasteiger partial charge >= 0.3 is 29.6 Å². The number of nitrogens with one attached hydrogen (secondary N) is 1. The van der Waals surface area contributed by atoms with Crippen molar-refractivity contribution in [3.63, 3.8) is 0 Å². The fourth-order valence-electron chi connectivity index (χ4n) is 1.07. The molecular formula is C10H16NNa. The molecule has 0 fully saturated rings. The second-order valence-corrected chi connectivity index (χ2v) is 2.88. The van der Waals surface area contributed by atoms with Crippen LogP contribution in [0.4, 0.5) is 0 Å². The van der Waals surface area contributed by atoms with Gasteiger partial charge in [-0.15, -0.1) is 0 Å². The summed E-state index contributed by atoms with van der Waals surface area (Å²) >= 11 is 0. The van der Waals surface area contributed by atoms with E-state index < -0.39 is 0 Å². The smallest absolute Gasteiger partial charge is 1.00 e. The zero-order valence-electron chi connectivity index (χ0n) is 9.17. The molecule has 1 aromatic rings. The second kappa shape index (κ2) is 6.67. The van der Waals surface area contributed by atoms with Gasteiger partial charge < -0.3 is 6.74 Å². The summed E-state index contributed by atoms with van der Waals surface area (Å²) in [5.74, 6) is 0. The largest absolute Gasteiger partial charge is 1.00 e. The van der Waals surface area contributed by atoms with E-state index in [1.54, 1.807) is 0 Å². The minimum absolute atomic E-state index is 0. The summed E-state index contributed by atoms with van der Waals surface area (Å²) in [6.45, 7) is 2.19. The molecule has 0 aliphatic heterocycles. The Hall–Kier alpha value is 0.180. The summed E-state index contributed by atoms with van der Waals surface area (Å²) in [7, 11) is 1.99. The van der Waals surface area contributed by atoms with Crippen LogP contribution in [0.15, 0.2) is 30.3 Å². The van der Waals surface area contributed by atoms with Crippen molar-refractivity contribution in [3.8, 4) is 0 Å². The average molecular weight is 173 g/mol. The molecule has 0 saturated carbocycles. The summed E-state index contributed by atoms with van der Waals surface area (Å²) in [5.41, 5.74) is 1.40. The van der Waals surface area contributed by atoms with E-state index in [2.05, 4.69) is 36.5 Å². The summed E-state index contributed by atoms with van der Waals surface area (Å²) in [6.07, 6.45) is 1.11. The first-order chi connectivity index (χ1) is 5.33. The van der Waals surface area contributed by atoms with Crippen molar-refractivity contribution in [2.24, 2.45) is 0 Å². The average Bonchev–Trinajstić information content (AvgIpc) is 2.06. The SMILES string of the molecule is CNC(C)Cc1ccccc1.[H-].[Na+]. The van der Waals surface area contributed by atoms with E-state index in [-0.39, 0.29) is 31.0 Å². The molecular weight excluding hydrogens is 157 g/mol. The number of hydrogen-bond donors (Lipinski definition) is 1. The predicted molar refractivity (Wildman–Crippen MR) is 49.8 cm³/mol. The van der Waals surface area contributed by atoms with E-state index in [0.717, 1.165) is 6.42 Å². The van der Waals surface area contributed by atoms with Crippen molar-refractivity contribution in [3.05, 3.63) is 35.9 Å². The first-order valence-corrected chi connectivity index (χ1v) is 4.04. The van der Waals surface area contributed by atoms with Crippen molar-refractivity contribution in [2.45, 2.75) is 19.4 Å². The Morgan fingerprint density at radius 3 is 2.42 bits per heavy atom. The van der Waals surface area contributed by atoms with E-state index in [1.807, 2.05) is 13.1 Å². The van der Waals surface area contributed by atoms with Gasteiger partial charge in [0.25, 0.3) is 0 Å². The van der Waals surface area contributed by atoms with Crippen LogP contribution < -0.4 is 34.9 Å². The van der Waals surface area contributed by atoms with Gasteiger partial charge in [0.05, 0.1) is 0 Å². The Labute approximate surface area is 98.3 Å². The molecule has 12 heavy (non-hydrogen) atoms. The Morgan fingerprint density at radius 2 is 1.92 bits per heavy atom. The molecule has 1 N–H and O–H groups in total. The maximum absolute atomic E-state index is 3.21. The van der Waals surface area contributed by atoms with Crippen molar-refractivity contribution < 1.29 is 31.0 Å². The standard InChI is InChI=1S/C10H15N.Na.H/c1-9(11-2)8-10-6-4-3-5-7-10;;/h3-7,9,11H,8H2,1-2H3;;/q;+1;-1. The molecule has 1 atom stereocenters. The molecule has 0 amide bonds. The first kappa shape index (κ1) is 12.2. The van der Waals surface area contributed by atoms with Gasteiger partial charge in [0.1, 0.15) is 0 Å². The Balaban J connectivity index is 0. The van der Waals surface area contributed by atoms with Crippen molar-refractivity contribution >= 4 is 0 Å².